The molecule has 8 heteroatoms. The van der Waals surface area contributed by atoms with E-state index in [-0.39, 0.29) is 11.7 Å². The number of carbonyl (C=O) groups excluding carboxylic acids is 1. The van der Waals surface area contributed by atoms with E-state index in [1.165, 1.54) is 30.5 Å². The van der Waals surface area contributed by atoms with Crippen LogP contribution in [0.2, 0.25) is 0 Å². The van der Waals surface area contributed by atoms with Gasteiger partial charge in [-0.2, -0.15) is 0 Å². The molecule has 2 aromatic carbocycles. The van der Waals surface area contributed by atoms with Crippen molar-refractivity contribution < 1.29 is 23.0 Å². The average molecular weight is 413 g/mol. The van der Waals surface area contributed by atoms with Crippen LogP contribution in [0.25, 0.3) is 5.57 Å². The first kappa shape index (κ1) is 19.0. The highest BCUT2D eigenvalue weighted by molar-refractivity contribution is 6.31. The van der Waals surface area contributed by atoms with Gasteiger partial charge in [-0.3, -0.25) is 4.79 Å². The Morgan fingerprint density at radius 2 is 1.83 bits per heavy atom. The van der Waals surface area contributed by atoms with Gasteiger partial charge in [-0.1, -0.05) is 0 Å². The number of ether oxygens (including phenoxy) is 2. The van der Waals surface area contributed by atoms with E-state index in [1.807, 2.05) is 4.90 Å². The molecule has 0 atom stereocenters. The van der Waals surface area contributed by atoms with Gasteiger partial charge in [0, 0.05) is 49.1 Å². The van der Waals surface area contributed by atoms with Crippen molar-refractivity contribution >= 4 is 28.5 Å². The van der Waals surface area contributed by atoms with Crippen LogP contribution >= 0.6 is 0 Å². The molecule has 2 saturated heterocycles. The van der Waals surface area contributed by atoms with Crippen LogP contribution in [0.1, 0.15) is 18.4 Å². The molecular formula is C22H21F2N3O3. The lowest BCUT2D eigenvalue weighted by atomic mass is 10.0. The summed E-state index contributed by atoms with van der Waals surface area (Å²) >= 11 is 0. The second-order valence-corrected chi connectivity index (χ2v) is 7.61. The SMILES string of the molecule is O=C1Nc2ccc(F)cc2C1=CNc1ccc(N2CCC3(CC2)OCCO3)c(F)c1. The van der Waals surface area contributed by atoms with Gasteiger partial charge in [-0.15, -0.1) is 0 Å². The molecular weight excluding hydrogens is 392 g/mol. The minimum atomic E-state index is -0.502. The van der Waals surface area contributed by atoms with Crippen LogP contribution in [0.4, 0.5) is 25.8 Å². The maximum Gasteiger partial charge on any atom is 0.257 e. The lowest BCUT2D eigenvalue weighted by molar-refractivity contribution is -0.169. The number of nitrogens with zero attached hydrogens (tertiary/aromatic N) is 1. The molecule has 0 bridgehead atoms. The third-order valence-electron chi connectivity index (χ3n) is 5.77. The molecule has 3 aliphatic rings. The Labute approximate surface area is 172 Å². The molecule has 0 saturated carbocycles. The summed E-state index contributed by atoms with van der Waals surface area (Å²) in [7, 11) is 0. The standard InChI is InChI=1S/C22H21F2N3O3/c23-14-1-3-19-16(11-14)17(21(28)26-19)13-25-15-2-4-20(18(24)12-15)27-7-5-22(6-8-27)29-9-10-30-22/h1-4,11-13,25H,5-10H2,(H,26,28). The molecule has 0 unspecified atom stereocenters. The number of halogens is 2. The Balaban J connectivity index is 1.30. The van der Waals surface area contributed by atoms with Crippen LogP contribution < -0.4 is 15.5 Å². The Bertz CT molecular complexity index is 1020. The number of hydrogen-bond donors (Lipinski definition) is 2. The first-order chi connectivity index (χ1) is 14.5. The smallest absolute Gasteiger partial charge is 0.257 e. The van der Waals surface area contributed by atoms with Gasteiger partial charge < -0.3 is 25.0 Å². The van der Waals surface area contributed by atoms with Crippen molar-refractivity contribution in [1.82, 2.24) is 0 Å². The van der Waals surface area contributed by atoms with Gasteiger partial charge in [0.15, 0.2) is 5.79 Å². The van der Waals surface area contributed by atoms with Gasteiger partial charge in [0.1, 0.15) is 11.6 Å². The zero-order valence-electron chi connectivity index (χ0n) is 16.2. The predicted octanol–water partition coefficient (Wildman–Crippen LogP) is 3.71. The monoisotopic (exact) mass is 413 g/mol. The summed E-state index contributed by atoms with van der Waals surface area (Å²) in [4.78, 5) is 14.1. The van der Waals surface area contributed by atoms with Gasteiger partial charge in [-0.05, 0) is 36.4 Å². The molecule has 1 spiro atoms. The molecule has 0 radical (unpaired) electrons. The highest BCUT2D eigenvalue weighted by atomic mass is 19.1. The van der Waals surface area contributed by atoms with E-state index in [2.05, 4.69) is 10.6 Å². The first-order valence-corrected chi connectivity index (χ1v) is 9.93. The van der Waals surface area contributed by atoms with E-state index in [4.69, 9.17) is 9.47 Å². The van der Waals surface area contributed by atoms with Gasteiger partial charge in [-0.25, -0.2) is 8.78 Å². The Morgan fingerprint density at radius 3 is 2.57 bits per heavy atom. The zero-order chi connectivity index (χ0) is 20.7. The van der Waals surface area contributed by atoms with Crippen LogP contribution in [0.3, 0.4) is 0 Å². The maximum absolute atomic E-state index is 14.8. The van der Waals surface area contributed by atoms with E-state index in [0.29, 0.717) is 67.3 Å². The number of amides is 1. The summed E-state index contributed by atoms with van der Waals surface area (Å²) in [6.07, 6.45) is 2.86. The van der Waals surface area contributed by atoms with Crippen LogP contribution in [0.15, 0.2) is 42.6 Å². The van der Waals surface area contributed by atoms with Crippen molar-refractivity contribution in [3.05, 3.63) is 59.8 Å². The minimum absolute atomic E-state index is 0.298. The molecule has 0 aliphatic carbocycles. The van der Waals surface area contributed by atoms with E-state index in [1.54, 1.807) is 12.1 Å². The summed E-state index contributed by atoms with van der Waals surface area (Å²) in [5.41, 5.74) is 2.34. The topological polar surface area (TPSA) is 62.8 Å². The van der Waals surface area contributed by atoms with Crippen LogP contribution in [0.5, 0.6) is 0 Å². The van der Waals surface area contributed by atoms with Gasteiger partial charge in [0.2, 0.25) is 0 Å². The molecule has 30 heavy (non-hydrogen) atoms. The quantitative estimate of drug-likeness (QED) is 0.752. The predicted molar refractivity (Wildman–Crippen MR) is 109 cm³/mol. The largest absolute Gasteiger partial charge is 0.369 e. The van der Waals surface area contributed by atoms with Gasteiger partial charge in [0.05, 0.1) is 24.5 Å². The molecule has 156 valence electrons. The second kappa shape index (κ2) is 7.37. The van der Waals surface area contributed by atoms with Gasteiger partial charge in [0.25, 0.3) is 5.91 Å². The van der Waals surface area contributed by atoms with Crippen molar-refractivity contribution in [3.63, 3.8) is 0 Å². The fourth-order valence-electron chi connectivity index (χ4n) is 4.19. The van der Waals surface area contributed by atoms with Crippen molar-refractivity contribution in [2.45, 2.75) is 18.6 Å². The summed E-state index contributed by atoms with van der Waals surface area (Å²) < 4.78 is 39.8. The molecule has 1 amide bonds. The molecule has 5 rings (SSSR count). The van der Waals surface area contributed by atoms with E-state index in [0.717, 1.165) is 0 Å². The number of fused-ring (bicyclic) bond motifs is 1. The number of nitrogens with one attached hydrogen (secondary N) is 2. The lowest BCUT2D eigenvalue weighted by Crippen LogP contribution is -2.45. The number of carbonyl (C=O) groups is 1. The fraction of sp³-hybridized carbons (Fsp3) is 0.318. The van der Waals surface area contributed by atoms with E-state index >= 15 is 0 Å². The Morgan fingerprint density at radius 1 is 1.07 bits per heavy atom. The van der Waals surface area contributed by atoms with Gasteiger partial charge >= 0.3 is 0 Å². The minimum Gasteiger partial charge on any atom is -0.369 e. The normalized spacial score (nSPS) is 21.2. The Hall–Kier alpha value is -2.97. The molecule has 6 nitrogen and oxygen atoms in total. The van der Waals surface area contributed by atoms with Crippen molar-refractivity contribution in [2.24, 2.45) is 0 Å². The first-order valence-electron chi connectivity index (χ1n) is 9.93. The van der Waals surface area contributed by atoms with E-state index < -0.39 is 11.6 Å². The van der Waals surface area contributed by atoms with Crippen molar-refractivity contribution in [3.8, 4) is 0 Å². The molecule has 0 aromatic heterocycles. The number of piperidine rings is 1. The molecule has 2 aromatic rings. The maximum atomic E-state index is 14.8. The summed E-state index contributed by atoms with van der Waals surface area (Å²) in [6, 6.07) is 8.96. The highest BCUT2D eigenvalue weighted by Gasteiger charge is 2.40. The number of hydrogen-bond acceptors (Lipinski definition) is 5. The Kier molecular flexibility index (Phi) is 4.67. The zero-order valence-corrected chi connectivity index (χ0v) is 16.2. The van der Waals surface area contributed by atoms with E-state index in [9.17, 15) is 13.6 Å². The average Bonchev–Trinajstić information content (AvgIpc) is 3.31. The molecule has 3 aliphatic heterocycles. The molecule has 3 heterocycles. The molecule has 2 fully saturated rings. The number of anilines is 3. The number of rotatable bonds is 3. The third-order valence-corrected chi connectivity index (χ3v) is 5.77. The third kappa shape index (κ3) is 3.42. The van der Waals surface area contributed by atoms with Crippen molar-refractivity contribution in [2.75, 3.05) is 41.8 Å². The summed E-state index contributed by atoms with van der Waals surface area (Å²) in [5.74, 6) is -1.62. The second-order valence-electron chi connectivity index (χ2n) is 7.61. The van der Waals surface area contributed by atoms with Crippen LogP contribution in [0, 0.1) is 11.6 Å². The van der Waals surface area contributed by atoms with Crippen molar-refractivity contribution in [1.29, 1.82) is 0 Å². The number of benzene rings is 2. The summed E-state index contributed by atoms with van der Waals surface area (Å²) in [6.45, 7) is 2.52. The fourth-order valence-corrected chi connectivity index (χ4v) is 4.19. The lowest BCUT2D eigenvalue weighted by Gasteiger charge is -2.38. The summed E-state index contributed by atoms with van der Waals surface area (Å²) in [5, 5.41) is 5.62. The molecule has 2 N–H and O–H groups in total. The van der Waals surface area contributed by atoms with Crippen LogP contribution in [-0.4, -0.2) is 38.0 Å². The highest BCUT2D eigenvalue weighted by Crippen LogP contribution is 2.35. The van der Waals surface area contributed by atoms with Crippen LogP contribution in [-0.2, 0) is 14.3 Å².